The first kappa shape index (κ1) is 25.3. The molecule has 0 fully saturated rings. The fraction of sp³-hybridized carbons (Fsp3) is 0.0952. The van der Waals surface area contributed by atoms with Crippen LogP contribution in [-0.2, 0) is 28.3 Å². The first-order valence-corrected chi connectivity index (χ1v) is 10.8. The van der Waals surface area contributed by atoms with E-state index in [2.05, 4.69) is 15.6 Å². The van der Waals surface area contributed by atoms with Crippen LogP contribution < -0.4 is 16.4 Å². The number of aromatic nitrogens is 1. The molecule has 11 nitrogen and oxygen atoms in total. The zero-order valence-electron chi connectivity index (χ0n) is 17.2. The number of nitrogens with two attached hydrogens (primary N) is 1. The molecule has 0 radical (unpaired) electrons. The van der Waals surface area contributed by atoms with Crippen molar-refractivity contribution in [3.05, 3.63) is 89.7 Å². The predicted octanol–water partition coefficient (Wildman–Crippen LogP) is 2.69. The lowest BCUT2D eigenvalue weighted by molar-refractivity contribution is 0.102. The Kier molecular flexibility index (Phi) is 9.30. The van der Waals surface area contributed by atoms with Crippen molar-refractivity contribution in [3.8, 4) is 0 Å². The standard InChI is InChI=1S/C21H20N4O3.H2O4S/c22-18-5-1-2-6-19(18)25-20(26)17-9-7-15(8-10-17)13-24-21(27)28-14-16-4-3-11-23-12-16;1-5(2,3)4/h1-12H,13-14,22H2,(H,24,27)(H,25,26);(H2,1,2,3,4). The summed E-state index contributed by atoms with van der Waals surface area (Å²) in [4.78, 5) is 28.0. The summed E-state index contributed by atoms with van der Waals surface area (Å²) in [6, 6.07) is 17.6. The Bertz CT molecular complexity index is 1160. The quantitative estimate of drug-likeness (QED) is 0.265. The van der Waals surface area contributed by atoms with E-state index in [9.17, 15) is 9.59 Å². The molecule has 3 aromatic rings. The average Bonchev–Trinajstić information content (AvgIpc) is 2.78. The smallest absolute Gasteiger partial charge is 0.407 e. The summed E-state index contributed by atoms with van der Waals surface area (Å²) < 4.78 is 36.7. The van der Waals surface area contributed by atoms with Gasteiger partial charge in [-0.25, -0.2) is 4.79 Å². The zero-order chi connectivity index (χ0) is 24.3. The Morgan fingerprint density at radius 1 is 0.970 bits per heavy atom. The molecule has 0 unspecified atom stereocenters. The van der Waals surface area contributed by atoms with Crippen molar-refractivity contribution >= 4 is 33.8 Å². The summed E-state index contributed by atoms with van der Waals surface area (Å²) in [5, 5.41) is 5.44. The van der Waals surface area contributed by atoms with Crippen molar-refractivity contribution in [1.82, 2.24) is 10.3 Å². The fourth-order valence-electron chi connectivity index (χ4n) is 2.44. The van der Waals surface area contributed by atoms with Crippen molar-refractivity contribution in [1.29, 1.82) is 0 Å². The first-order valence-electron chi connectivity index (χ1n) is 9.36. The van der Waals surface area contributed by atoms with Gasteiger partial charge in [0.05, 0.1) is 11.4 Å². The number of carbonyl (C=O) groups excluding carboxylic acids is 2. The topological polar surface area (TPSA) is 181 Å². The number of pyridine rings is 1. The second kappa shape index (κ2) is 12.1. The number of anilines is 2. The highest BCUT2D eigenvalue weighted by Gasteiger charge is 2.08. The third kappa shape index (κ3) is 10.2. The molecule has 174 valence electrons. The lowest BCUT2D eigenvalue weighted by Gasteiger charge is -2.09. The number of benzene rings is 2. The van der Waals surface area contributed by atoms with E-state index in [1.807, 2.05) is 6.07 Å². The van der Waals surface area contributed by atoms with Gasteiger partial charge >= 0.3 is 16.5 Å². The molecule has 0 spiro atoms. The van der Waals surface area contributed by atoms with Gasteiger partial charge in [0.15, 0.2) is 0 Å². The van der Waals surface area contributed by atoms with Gasteiger partial charge in [-0.3, -0.25) is 18.9 Å². The van der Waals surface area contributed by atoms with E-state index in [4.69, 9.17) is 28.0 Å². The minimum Gasteiger partial charge on any atom is -0.445 e. The summed E-state index contributed by atoms with van der Waals surface area (Å²) in [5.41, 5.74) is 9.04. The maximum Gasteiger partial charge on any atom is 0.407 e. The Labute approximate surface area is 190 Å². The van der Waals surface area contributed by atoms with Crippen LogP contribution in [0.4, 0.5) is 16.2 Å². The highest BCUT2D eigenvalue weighted by molar-refractivity contribution is 7.79. The fourth-order valence-corrected chi connectivity index (χ4v) is 2.44. The molecule has 0 saturated heterocycles. The SMILES string of the molecule is Nc1ccccc1NC(=O)c1ccc(CNC(=O)OCc2cccnc2)cc1.O=S(=O)(O)O. The van der Waals surface area contributed by atoms with E-state index < -0.39 is 16.5 Å². The van der Waals surface area contributed by atoms with E-state index >= 15 is 0 Å². The number of alkyl carbamates (subject to hydrolysis) is 1. The lowest BCUT2D eigenvalue weighted by Crippen LogP contribution is -2.23. The van der Waals surface area contributed by atoms with Crippen molar-refractivity contribution in [3.63, 3.8) is 0 Å². The van der Waals surface area contributed by atoms with Crippen LogP contribution in [0.5, 0.6) is 0 Å². The van der Waals surface area contributed by atoms with Crippen molar-refractivity contribution in [2.75, 3.05) is 11.1 Å². The van der Waals surface area contributed by atoms with Gasteiger partial charge in [0.1, 0.15) is 6.61 Å². The van der Waals surface area contributed by atoms with Crippen molar-refractivity contribution < 1.29 is 31.8 Å². The van der Waals surface area contributed by atoms with Crippen molar-refractivity contribution in [2.24, 2.45) is 0 Å². The molecule has 6 N–H and O–H groups in total. The van der Waals surface area contributed by atoms with Crippen molar-refractivity contribution in [2.45, 2.75) is 13.2 Å². The second-order valence-corrected chi connectivity index (χ2v) is 7.37. The molecule has 0 aliphatic rings. The van der Waals surface area contributed by atoms with E-state index in [-0.39, 0.29) is 12.5 Å². The van der Waals surface area contributed by atoms with E-state index in [0.717, 1.165) is 11.1 Å². The normalized spacial score (nSPS) is 10.4. The maximum atomic E-state index is 12.3. The number of para-hydroxylation sites is 2. The molecule has 1 aromatic heterocycles. The zero-order valence-corrected chi connectivity index (χ0v) is 18.0. The number of hydrogen-bond donors (Lipinski definition) is 5. The first-order chi connectivity index (χ1) is 15.6. The van der Waals surface area contributed by atoms with E-state index in [0.29, 0.717) is 23.5 Å². The minimum atomic E-state index is -4.67. The maximum absolute atomic E-state index is 12.3. The predicted molar refractivity (Wildman–Crippen MR) is 121 cm³/mol. The number of carbonyl (C=O) groups is 2. The van der Waals surface area contributed by atoms with Gasteiger partial charge in [-0.05, 0) is 35.9 Å². The molecule has 1 heterocycles. The van der Waals surface area contributed by atoms with Crippen LogP contribution in [0.25, 0.3) is 0 Å². The van der Waals surface area contributed by atoms with Gasteiger partial charge in [0.2, 0.25) is 0 Å². The van der Waals surface area contributed by atoms with Gasteiger partial charge in [0, 0.05) is 30.1 Å². The summed E-state index contributed by atoms with van der Waals surface area (Å²) >= 11 is 0. The number of amides is 2. The molecular formula is C21H22N4O7S. The monoisotopic (exact) mass is 474 g/mol. The Morgan fingerprint density at radius 2 is 1.64 bits per heavy atom. The summed E-state index contributed by atoms with van der Waals surface area (Å²) in [5.74, 6) is -0.256. The molecule has 3 rings (SSSR count). The van der Waals surface area contributed by atoms with Gasteiger partial charge in [-0.15, -0.1) is 0 Å². The average molecular weight is 474 g/mol. The molecule has 0 bridgehead atoms. The Hall–Kier alpha value is -4.00. The highest BCUT2D eigenvalue weighted by atomic mass is 32.3. The number of rotatable bonds is 6. The van der Waals surface area contributed by atoms with Crippen LogP contribution in [0.2, 0.25) is 0 Å². The largest absolute Gasteiger partial charge is 0.445 e. The molecule has 2 amide bonds. The van der Waals surface area contributed by atoms with Crippen LogP contribution in [0.3, 0.4) is 0 Å². The number of nitrogens with zero attached hydrogens (tertiary/aromatic N) is 1. The van der Waals surface area contributed by atoms with Gasteiger partial charge < -0.3 is 21.1 Å². The second-order valence-electron chi connectivity index (χ2n) is 6.48. The van der Waals surface area contributed by atoms with Crippen LogP contribution in [0.1, 0.15) is 21.5 Å². The molecule has 33 heavy (non-hydrogen) atoms. The number of hydrogen-bond acceptors (Lipinski definition) is 7. The van der Waals surface area contributed by atoms with Crippen LogP contribution in [-0.4, -0.2) is 34.5 Å². The minimum absolute atomic E-state index is 0.154. The molecule has 12 heteroatoms. The van der Waals surface area contributed by atoms with Crippen LogP contribution >= 0.6 is 0 Å². The molecule has 0 aliphatic heterocycles. The molecule has 0 saturated carbocycles. The molecule has 2 aromatic carbocycles. The Morgan fingerprint density at radius 3 is 2.24 bits per heavy atom. The molecular weight excluding hydrogens is 452 g/mol. The van der Waals surface area contributed by atoms with E-state index in [1.165, 1.54) is 0 Å². The van der Waals surface area contributed by atoms with Crippen LogP contribution in [0.15, 0.2) is 73.1 Å². The third-order valence-corrected chi connectivity index (χ3v) is 3.95. The molecule has 0 atom stereocenters. The number of nitrogens with one attached hydrogen (secondary N) is 2. The number of ether oxygens (including phenoxy) is 1. The third-order valence-electron chi connectivity index (χ3n) is 3.95. The number of nitrogen functional groups attached to an aromatic ring is 1. The van der Waals surface area contributed by atoms with Crippen LogP contribution in [0, 0.1) is 0 Å². The highest BCUT2D eigenvalue weighted by Crippen LogP contribution is 2.18. The van der Waals surface area contributed by atoms with Gasteiger partial charge in [-0.1, -0.05) is 30.3 Å². The van der Waals surface area contributed by atoms with Gasteiger partial charge in [-0.2, -0.15) is 8.42 Å². The Balaban J connectivity index is 0.000000696. The molecule has 0 aliphatic carbocycles. The summed E-state index contributed by atoms with van der Waals surface area (Å²) in [6.45, 7) is 0.445. The lowest BCUT2D eigenvalue weighted by atomic mass is 10.1. The van der Waals surface area contributed by atoms with E-state index in [1.54, 1.807) is 67.0 Å². The van der Waals surface area contributed by atoms with Gasteiger partial charge in [0.25, 0.3) is 5.91 Å². The summed E-state index contributed by atoms with van der Waals surface area (Å²) in [7, 11) is -4.67. The summed E-state index contributed by atoms with van der Waals surface area (Å²) in [6.07, 6.45) is 2.77.